The molecular weight excluding hydrogens is 408 g/mol. The molecule has 5 nitrogen and oxygen atoms in total. The fourth-order valence-corrected chi connectivity index (χ4v) is 4.34. The molecule has 0 spiro atoms. The highest BCUT2D eigenvalue weighted by atomic mass is 35.5. The summed E-state index contributed by atoms with van der Waals surface area (Å²) in [6.07, 6.45) is 2.65. The van der Waals surface area contributed by atoms with Gasteiger partial charge in [0, 0.05) is 18.0 Å². The predicted molar refractivity (Wildman–Crippen MR) is 120 cm³/mol. The van der Waals surface area contributed by atoms with Gasteiger partial charge >= 0.3 is 0 Å². The lowest BCUT2D eigenvalue weighted by molar-refractivity contribution is -0.122. The molecule has 2 rings (SSSR count). The van der Waals surface area contributed by atoms with Crippen molar-refractivity contribution in [1.29, 1.82) is 0 Å². The molecule has 29 heavy (non-hydrogen) atoms. The Morgan fingerprint density at radius 3 is 2.38 bits per heavy atom. The Morgan fingerprint density at radius 1 is 1.10 bits per heavy atom. The molecule has 158 valence electrons. The maximum atomic E-state index is 12.5. The maximum Gasteiger partial charge on any atom is 0.232 e. The first kappa shape index (κ1) is 23.2. The lowest BCUT2D eigenvalue weighted by atomic mass is 9.97. The number of carbonyl (C=O) groups is 1. The van der Waals surface area contributed by atoms with Crippen LogP contribution in [-0.4, -0.2) is 27.1 Å². The van der Waals surface area contributed by atoms with E-state index in [9.17, 15) is 13.2 Å². The van der Waals surface area contributed by atoms with Crippen molar-refractivity contribution < 1.29 is 13.2 Å². The van der Waals surface area contributed by atoms with Crippen LogP contribution in [0.25, 0.3) is 0 Å². The van der Waals surface area contributed by atoms with Crippen LogP contribution in [0, 0.1) is 5.92 Å². The van der Waals surface area contributed by atoms with Gasteiger partial charge in [-0.3, -0.25) is 9.10 Å². The third-order valence-electron chi connectivity index (χ3n) is 4.51. The molecule has 1 unspecified atom stereocenters. The van der Waals surface area contributed by atoms with Crippen LogP contribution in [0.1, 0.15) is 44.7 Å². The van der Waals surface area contributed by atoms with E-state index in [0.717, 1.165) is 18.2 Å². The molecule has 1 atom stereocenters. The second-order valence-corrected chi connectivity index (χ2v) is 9.92. The van der Waals surface area contributed by atoms with Crippen molar-refractivity contribution >= 4 is 33.2 Å². The van der Waals surface area contributed by atoms with Gasteiger partial charge in [0.05, 0.1) is 18.0 Å². The van der Waals surface area contributed by atoms with E-state index in [2.05, 4.69) is 19.2 Å². The van der Waals surface area contributed by atoms with Gasteiger partial charge in [-0.1, -0.05) is 61.8 Å². The molecule has 7 heteroatoms. The van der Waals surface area contributed by atoms with Gasteiger partial charge in [0.2, 0.25) is 15.9 Å². The van der Waals surface area contributed by atoms with E-state index >= 15 is 0 Å². The Kier molecular flexibility index (Phi) is 8.53. The number of hydrogen-bond donors (Lipinski definition) is 1. The molecule has 0 bridgehead atoms. The number of carbonyl (C=O) groups excluding carboxylic acids is 1. The minimum atomic E-state index is -3.47. The zero-order valence-electron chi connectivity index (χ0n) is 17.1. The number of sulfonamides is 1. The maximum absolute atomic E-state index is 12.5. The zero-order chi connectivity index (χ0) is 21.4. The summed E-state index contributed by atoms with van der Waals surface area (Å²) in [4.78, 5) is 12.5. The molecule has 0 aliphatic carbocycles. The van der Waals surface area contributed by atoms with Crippen molar-refractivity contribution in [2.45, 2.75) is 39.2 Å². The number of hydrogen-bond acceptors (Lipinski definition) is 3. The number of rotatable bonds is 10. The Morgan fingerprint density at radius 2 is 1.79 bits per heavy atom. The topological polar surface area (TPSA) is 66.5 Å². The van der Waals surface area contributed by atoms with Crippen molar-refractivity contribution in [3.05, 3.63) is 65.2 Å². The van der Waals surface area contributed by atoms with Crippen LogP contribution < -0.4 is 9.62 Å². The molecule has 2 aromatic carbocycles. The lowest BCUT2D eigenvalue weighted by Crippen LogP contribution is -2.33. The molecule has 0 aliphatic rings. The molecule has 0 fully saturated rings. The van der Waals surface area contributed by atoms with Crippen LogP contribution in [0.5, 0.6) is 0 Å². The molecule has 0 aromatic heterocycles. The van der Waals surface area contributed by atoms with Crippen molar-refractivity contribution in [3.63, 3.8) is 0 Å². The first-order valence-electron chi connectivity index (χ1n) is 9.74. The third kappa shape index (κ3) is 7.71. The van der Waals surface area contributed by atoms with Gasteiger partial charge < -0.3 is 5.32 Å². The molecule has 0 radical (unpaired) electrons. The van der Waals surface area contributed by atoms with E-state index in [1.54, 1.807) is 24.3 Å². The molecule has 1 N–H and O–H groups in total. The van der Waals surface area contributed by atoms with Crippen LogP contribution in [0.15, 0.2) is 54.6 Å². The Bertz CT molecular complexity index is 901. The largest absolute Gasteiger partial charge is 0.349 e. The smallest absolute Gasteiger partial charge is 0.232 e. The summed E-state index contributed by atoms with van der Waals surface area (Å²) >= 11 is 5.99. The van der Waals surface area contributed by atoms with Crippen LogP contribution >= 0.6 is 11.6 Å². The summed E-state index contributed by atoms with van der Waals surface area (Å²) in [5.74, 6) is 0.350. The van der Waals surface area contributed by atoms with Crippen molar-refractivity contribution in [2.75, 3.05) is 17.1 Å². The van der Waals surface area contributed by atoms with E-state index in [0.29, 0.717) is 23.0 Å². The summed E-state index contributed by atoms with van der Waals surface area (Å²) in [7, 11) is -3.47. The summed E-state index contributed by atoms with van der Waals surface area (Å²) in [6, 6.07) is 16.5. The normalized spacial score (nSPS) is 12.6. The van der Waals surface area contributed by atoms with Gasteiger partial charge in [-0.2, -0.15) is 0 Å². The van der Waals surface area contributed by atoms with Gasteiger partial charge in [-0.25, -0.2) is 8.42 Å². The number of benzene rings is 2. The van der Waals surface area contributed by atoms with E-state index in [1.165, 1.54) is 4.31 Å². The molecule has 2 aromatic rings. The first-order valence-corrected chi connectivity index (χ1v) is 12.0. The minimum Gasteiger partial charge on any atom is -0.349 e. The summed E-state index contributed by atoms with van der Waals surface area (Å²) in [5, 5.41) is 3.56. The van der Waals surface area contributed by atoms with Crippen LogP contribution in [-0.2, 0) is 14.8 Å². The molecule has 1 amide bonds. The number of nitrogens with one attached hydrogen (secondary N) is 1. The SMILES string of the molecule is CC(C)CC(NC(=O)CCCN(c1cccc(Cl)c1)S(C)(=O)=O)c1ccccc1. The van der Waals surface area contributed by atoms with Gasteiger partial charge in [0.25, 0.3) is 0 Å². The van der Waals surface area contributed by atoms with E-state index in [4.69, 9.17) is 11.6 Å². The van der Waals surface area contributed by atoms with Crippen molar-refractivity contribution in [1.82, 2.24) is 5.32 Å². The number of amides is 1. The fraction of sp³-hybridized carbons (Fsp3) is 0.409. The molecular formula is C22H29ClN2O3S. The third-order valence-corrected chi connectivity index (χ3v) is 5.93. The number of anilines is 1. The standard InChI is InChI=1S/C22H29ClN2O3S/c1-17(2)15-21(18-9-5-4-6-10-18)24-22(26)13-8-14-25(29(3,27)28)20-12-7-11-19(23)16-20/h4-7,9-12,16-17,21H,8,13-15H2,1-3H3,(H,24,26). The van der Waals surface area contributed by atoms with E-state index in [1.807, 2.05) is 30.3 Å². The van der Waals surface area contributed by atoms with Gasteiger partial charge in [0.15, 0.2) is 0 Å². The Labute approximate surface area is 179 Å². The van der Waals surface area contributed by atoms with Crippen LogP contribution in [0.3, 0.4) is 0 Å². The highest BCUT2D eigenvalue weighted by Gasteiger charge is 2.19. The summed E-state index contributed by atoms with van der Waals surface area (Å²) in [5.41, 5.74) is 1.58. The quantitative estimate of drug-likeness (QED) is 0.582. The van der Waals surface area contributed by atoms with Crippen LogP contribution in [0.2, 0.25) is 5.02 Å². The molecule has 0 heterocycles. The van der Waals surface area contributed by atoms with Crippen molar-refractivity contribution in [2.24, 2.45) is 5.92 Å². The van der Waals surface area contributed by atoms with Gasteiger partial charge in [-0.15, -0.1) is 0 Å². The summed E-state index contributed by atoms with van der Waals surface area (Å²) < 4.78 is 25.7. The molecule has 0 saturated heterocycles. The lowest BCUT2D eigenvalue weighted by Gasteiger charge is -2.23. The van der Waals surface area contributed by atoms with E-state index in [-0.39, 0.29) is 24.9 Å². The Balaban J connectivity index is 1.99. The first-order chi connectivity index (χ1) is 13.7. The average Bonchev–Trinajstić information content (AvgIpc) is 2.64. The summed E-state index contributed by atoms with van der Waals surface area (Å²) in [6.45, 7) is 4.46. The van der Waals surface area contributed by atoms with Crippen LogP contribution in [0.4, 0.5) is 5.69 Å². The second-order valence-electron chi connectivity index (χ2n) is 7.58. The highest BCUT2D eigenvalue weighted by Crippen LogP contribution is 2.23. The fourth-order valence-electron chi connectivity index (χ4n) is 3.20. The monoisotopic (exact) mass is 436 g/mol. The second kappa shape index (κ2) is 10.6. The van der Waals surface area contributed by atoms with E-state index < -0.39 is 10.0 Å². The molecule has 0 aliphatic heterocycles. The zero-order valence-corrected chi connectivity index (χ0v) is 18.7. The van der Waals surface area contributed by atoms with Crippen molar-refractivity contribution in [3.8, 4) is 0 Å². The number of halogens is 1. The van der Waals surface area contributed by atoms with Gasteiger partial charge in [-0.05, 0) is 42.5 Å². The highest BCUT2D eigenvalue weighted by molar-refractivity contribution is 7.92. The number of nitrogens with zero attached hydrogens (tertiary/aromatic N) is 1. The van der Waals surface area contributed by atoms with Gasteiger partial charge in [0.1, 0.15) is 0 Å². The average molecular weight is 437 g/mol. The Hall–Kier alpha value is -2.05. The predicted octanol–water partition coefficient (Wildman–Crippen LogP) is 4.79. The molecule has 0 saturated carbocycles. The minimum absolute atomic E-state index is 0.0531.